The van der Waals surface area contributed by atoms with Crippen LogP contribution in [0.25, 0.3) is 0 Å². The summed E-state index contributed by atoms with van der Waals surface area (Å²) in [6, 6.07) is 1.65. The molecule has 1 aliphatic heterocycles. The lowest BCUT2D eigenvalue weighted by molar-refractivity contribution is -0.120. The summed E-state index contributed by atoms with van der Waals surface area (Å²) in [5, 5.41) is 7.04. The summed E-state index contributed by atoms with van der Waals surface area (Å²) in [6.45, 7) is 1.80. The van der Waals surface area contributed by atoms with Gasteiger partial charge in [0.05, 0.1) is 33.1 Å². The fourth-order valence-electron chi connectivity index (χ4n) is 3.65. The minimum absolute atomic E-state index is 0.235. The number of carbonyl (C=O) groups is 1. The third kappa shape index (κ3) is 4.45. The smallest absolute Gasteiger partial charge is 0.280 e. The minimum atomic E-state index is -3.87. The van der Waals surface area contributed by atoms with Crippen molar-refractivity contribution >= 4 is 21.8 Å². The van der Waals surface area contributed by atoms with E-state index in [1.54, 1.807) is 37.0 Å². The van der Waals surface area contributed by atoms with Gasteiger partial charge in [0.1, 0.15) is 6.04 Å². The van der Waals surface area contributed by atoms with Crippen molar-refractivity contribution in [2.45, 2.75) is 25.4 Å². The van der Waals surface area contributed by atoms with E-state index in [0.717, 1.165) is 9.87 Å². The molecule has 1 aliphatic rings. The molecule has 2 heterocycles. The summed E-state index contributed by atoms with van der Waals surface area (Å²) in [5.74, 6) is 0.643. The van der Waals surface area contributed by atoms with E-state index in [2.05, 4.69) is 15.1 Å². The van der Waals surface area contributed by atoms with Crippen molar-refractivity contribution in [1.29, 1.82) is 0 Å². The first-order valence-corrected chi connectivity index (χ1v) is 10.9. The van der Waals surface area contributed by atoms with Gasteiger partial charge in [0.2, 0.25) is 11.7 Å². The Hall–Kier alpha value is -2.83. The molecule has 0 aliphatic carbocycles. The summed E-state index contributed by atoms with van der Waals surface area (Å²) in [4.78, 5) is 13.1. The van der Waals surface area contributed by atoms with Crippen LogP contribution in [0.3, 0.4) is 0 Å². The van der Waals surface area contributed by atoms with Crippen LogP contribution < -0.4 is 24.2 Å². The predicted molar refractivity (Wildman–Crippen MR) is 114 cm³/mol. The van der Waals surface area contributed by atoms with Gasteiger partial charge < -0.3 is 19.5 Å². The number of amides is 1. The Kier molecular flexibility index (Phi) is 6.43. The number of likely N-dealkylation sites (N-methyl/N-ethyl adjacent to an activating group) is 1. The molecule has 1 aromatic heterocycles. The fraction of sp³-hybridized carbons (Fsp3) is 0.474. The molecule has 2 N–H and O–H groups in total. The first-order valence-electron chi connectivity index (χ1n) is 9.47. The van der Waals surface area contributed by atoms with E-state index < -0.39 is 28.2 Å². The predicted octanol–water partition coefficient (Wildman–Crippen LogP) is 0.973. The number of aryl methyl sites for hydroxylation is 2. The molecular weight excluding hydrogens is 426 g/mol. The molecule has 12 heteroatoms. The summed E-state index contributed by atoms with van der Waals surface area (Å²) >= 11 is 0. The van der Waals surface area contributed by atoms with Crippen LogP contribution in [0, 0.1) is 6.92 Å². The number of carbonyl (C=O) groups excluding carboxylic acids is 1. The molecule has 170 valence electrons. The van der Waals surface area contributed by atoms with Crippen molar-refractivity contribution in [2.75, 3.05) is 33.7 Å². The van der Waals surface area contributed by atoms with Crippen molar-refractivity contribution < 1.29 is 27.4 Å². The topological polar surface area (TPSA) is 124 Å². The van der Waals surface area contributed by atoms with Gasteiger partial charge in [-0.15, -0.1) is 0 Å². The summed E-state index contributed by atoms with van der Waals surface area (Å²) in [5.41, 5.74) is 1.81. The lowest BCUT2D eigenvalue weighted by Crippen LogP contribution is -2.56. The summed E-state index contributed by atoms with van der Waals surface area (Å²) in [6.07, 6.45) is 1.99. The van der Waals surface area contributed by atoms with Crippen LogP contribution in [0.15, 0.2) is 18.3 Å². The molecule has 3 rings (SSSR count). The Morgan fingerprint density at radius 1 is 1.16 bits per heavy atom. The number of ether oxygens (including phenoxy) is 3. The first kappa shape index (κ1) is 22.8. The van der Waals surface area contributed by atoms with Crippen LogP contribution in [-0.4, -0.2) is 62.8 Å². The van der Waals surface area contributed by atoms with Gasteiger partial charge in [-0.25, -0.2) is 0 Å². The van der Waals surface area contributed by atoms with Crippen LogP contribution in [0.5, 0.6) is 17.2 Å². The van der Waals surface area contributed by atoms with Gasteiger partial charge in [0.25, 0.3) is 10.2 Å². The average Bonchev–Trinajstić information content (AvgIpc) is 3.06. The van der Waals surface area contributed by atoms with Gasteiger partial charge in [-0.3, -0.25) is 9.48 Å². The van der Waals surface area contributed by atoms with Crippen LogP contribution in [-0.2, 0) is 22.1 Å². The summed E-state index contributed by atoms with van der Waals surface area (Å²) in [7, 11) is 3.67. The molecule has 0 radical (unpaired) electrons. The molecule has 2 aromatic rings. The number of benzene rings is 1. The van der Waals surface area contributed by atoms with E-state index in [9.17, 15) is 13.2 Å². The molecule has 11 nitrogen and oxygen atoms in total. The molecule has 31 heavy (non-hydrogen) atoms. The van der Waals surface area contributed by atoms with Crippen LogP contribution in [0.4, 0.5) is 5.69 Å². The molecule has 0 unspecified atom stereocenters. The maximum atomic E-state index is 13.1. The zero-order valence-electron chi connectivity index (χ0n) is 18.3. The minimum Gasteiger partial charge on any atom is -0.493 e. The third-order valence-electron chi connectivity index (χ3n) is 5.23. The van der Waals surface area contributed by atoms with Gasteiger partial charge in [-0.2, -0.15) is 22.5 Å². The number of nitrogens with zero attached hydrogens (tertiary/aromatic N) is 3. The highest BCUT2D eigenvalue weighted by atomic mass is 32.2. The highest BCUT2D eigenvalue weighted by Gasteiger charge is 2.41. The van der Waals surface area contributed by atoms with Gasteiger partial charge in [-0.05, 0) is 13.3 Å². The van der Waals surface area contributed by atoms with E-state index >= 15 is 0 Å². The Morgan fingerprint density at radius 2 is 1.77 bits per heavy atom. The van der Waals surface area contributed by atoms with E-state index in [0.29, 0.717) is 28.6 Å². The second-order valence-corrected chi connectivity index (χ2v) is 8.95. The van der Waals surface area contributed by atoms with Crippen LogP contribution in [0.1, 0.15) is 23.7 Å². The lowest BCUT2D eigenvalue weighted by atomic mass is 10.00. The average molecular weight is 454 g/mol. The number of hydrogen-bond donors (Lipinski definition) is 2. The SMILES string of the molecule is COc1cc(NC(=O)[C@H]2C[C@H](c3cn(C)nc3C)NS(=O)(=O)N2C)cc(OC)c1OC. The van der Waals surface area contributed by atoms with E-state index in [1.165, 1.54) is 28.4 Å². The number of methoxy groups -OCH3 is 3. The van der Waals surface area contributed by atoms with Crippen molar-refractivity contribution in [3.8, 4) is 17.2 Å². The molecule has 2 atom stereocenters. The lowest BCUT2D eigenvalue weighted by Gasteiger charge is -2.36. The number of aromatic nitrogens is 2. The van der Waals surface area contributed by atoms with Crippen LogP contribution >= 0.6 is 0 Å². The number of anilines is 1. The van der Waals surface area contributed by atoms with E-state index in [4.69, 9.17) is 14.2 Å². The molecule has 0 bridgehead atoms. The van der Waals surface area contributed by atoms with Crippen molar-refractivity contribution in [2.24, 2.45) is 7.05 Å². The zero-order valence-corrected chi connectivity index (χ0v) is 19.1. The molecule has 1 amide bonds. The highest BCUT2D eigenvalue weighted by molar-refractivity contribution is 7.87. The van der Waals surface area contributed by atoms with E-state index in [-0.39, 0.29) is 6.42 Å². The first-order chi connectivity index (χ1) is 14.6. The van der Waals surface area contributed by atoms with Crippen LogP contribution in [0.2, 0.25) is 0 Å². The van der Waals surface area contributed by atoms with Gasteiger partial charge >= 0.3 is 0 Å². The van der Waals surface area contributed by atoms with Crippen molar-refractivity contribution in [1.82, 2.24) is 18.8 Å². The number of rotatable bonds is 6. The van der Waals surface area contributed by atoms with Crippen molar-refractivity contribution in [3.05, 3.63) is 29.6 Å². The normalized spacial score (nSPS) is 20.8. The quantitative estimate of drug-likeness (QED) is 0.668. The second-order valence-electron chi connectivity index (χ2n) is 7.19. The number of nitrogens with one attached hydrogen (secondary N) is 2. The summed E-state index contributed by atoms with van der Waals surface area (Å²) < 4.78 is 46.5. The van der Waals surface area contributed by atoms with Gasteiger partial charge in [0, 0.05) is 43.7 Å². The molecule has 0 saturated carbocycles. The Balaban J connectivity index is 1.90. The maximum absolute atomic E-state index is 13.1. The fourth-order valence-corrected chi connectivity index (χ4v) is 4.92. The molecular formula is C19H27N5O6S. The maximum Gasteiger partial charge on any atom is 0.280 e. The molecule has 0 spiro atoms. The van der Waals surface area contributed by atoms with Gasteiger partial charge in [0.15, 0.2) is 11.5 Å². The highest BCUT2D eigenvalue weighted by Crippen LogP contribution is 2.40. The Morgan fingerprint density at radius 3 is 2.26 bits per heavy atom. The zero-order chi connectivity index (χ0) is 22.9. The Bertz CT molecular complexity index is 1060. The molecule has 1 saturated heterocycles. The van der Waals surface area contributed by atoms with E-state index in [1.807, 2.05) is 0 Å². The van der Waals surface area contributed by atoms with Gasteiger partial charge in [-0.1, -0.05) is 0 Å². The third-order valence-corrected chi connectivity index (χ3v) is 6.83. The van der Waals surface area contributed by atoms with Crippen molar-refractivity contribution in [3.63, 3.8) is 0 Å². The standard InChI is InChI=1S/C19H27N5O6S/c1-11-13(10-23(2)21-11)14-9-15(24(3)31(26,27)22-14)19(25)20-12-7-16(28-4)18(30-6)17(8-12)29-5/h7-8,10,14-15,22H,9H2,1-6H3,(H,20,25)/t14-,15-/m1/s1. The number of hydrogen-bond acceptors (Lipinski definition) is 7. The Labute approximate surface area is 181 Å². The molecule has 1 aromatic carbocycles. The largest absolute Gasteiger partial charge is 0.493 e. The monoisotopic (exact) mass is 453 g/mol. The molecule has 1 fully saturated rings. The second kappa shape index (κ2) is 8.73.